The van der Waals surface area contributed by atoms with E-state index in [1.54, 1.807) is 11.3 Å². The lowest BCUT2D eigenvalue weighted by Crippen LogP contribution is -2.39. The number of thioether (sulfide) groups is 1. The highest BCUT2D eigenvalue weighted by atomic mass is 32.2. The van der Waals surface area contributed by atoms with Gasteiger partial charge in [0.05, 0.1) is 15.6 Å². The molecule has 2 bridgehead atoms. The van der Waals surface area contributed by atoms with E-state index >= 15 is 0 Å². The first-order chi connectivity index (χ1) is 10.8. The third-order valence-corrected chi connectivity index (χ3v) is 8.72. The van der Waals surface area contributed by atoms with Crippen LogP contribution in [0.5, 0.6) is 0 Å². The Hall–Kier alpha value is -1.20. The fourth-order valence-corrected chi connectivity index (χ4v) is 6.67. The number of aromatic nitrogens is 1. The Kier molecular flexibility index (Phi) is 3.11. The minimum atomic E-state index is -0.526. The highest BCUT2D eigenvalue weighted by Gasteiger charge is 2.72. The lowest BCUT2D eigenvalue weighted by atomic mass is 9.65. The lowest BCUT2D eigenvalue weighted by Gasteiger charge is -2.38. The molecule has 2 atom stereocenters. The SMILES string of the molecule is CC12CCC(C(=O)Sc3nc4ccccc4s3)(CC1=O)C2(C)C. The van der Waals surface area contributed by atoms with Crippen molar-refractivity contribution in [2.75, 3.05) is 0 Å². The molecular weight excluding hydrogens is 326 g/mol. The minimum absolute atomic E-state index is 0.121. The van der Waals surface area contributed by atoms with Gasteiger partial charge in [-0.1, -0.05) is 32.9 Å². The van der Waals surface area contributed by atoms with Gasteiger partial charge in [-0.2, -0.15) is 0 Å². The number of rotatable bonds is 2. The third kappa shape index (κ3) is 1.81. The molecule has 0 radical (unpaired) electrons. The molecule has 0 amide bonds. The first kappa shape index (κ1) is 15.3. The first-order valence-electron chi connectivity index (χ1n) is 7.91. The van der Waals surface area contributed by atoms with Crippen LogP contribution in [0.15, 0.2) is 28.6 Å². The average molecular weight is 345 g/mol. The number of fused-ring (bicyclic) bond motifs is 3. The molecule has 2 saturated carbocycles. The van der Waals surface area contributed by atoms with Crippen LogP contribution in [0.3, 0.4) is 0 Å². The summed E-state index contributed by atoms with van der Waals surface area (Å²) in [5.74, 6) is 0.256. The van der Waals surface area contributed by atoms with Gasteiger partial charge in [0.1, 0.15) is 5.78 Å². The van der Waals surface area contributed by atoms with Crippen LogP contribution in [0.1, 0.15) is 40.0 Å². The van der Waals surface area contributed by atoms with Crippen LogP contribution >= 0.6 is 23.1 Å². The molecule has 120 valence electrons. The van der Waals surface area contributed by atoms with Gasteiger partial charge in [-0.15, -0.1) is 11.3 Å². The monoisotopic (exact) mass is 345 g/mol. The Labute approximate surface area is 143 Å². The van der Waals surface area contributed by atoms with E-state index in [4.69, 9.17) is 0 Å². The number of nitrogens with zero attached hydrogens (tertiary/aromatic N) is 1. The summed E-state index contributed by atoms with van der Waals surface area (Å²) >= 11 is 2.79. The Balaban J connectivity index is 1.68. The number of para-hydroxylation sites is 1. The van der Waals surface area contributed by atoms with E-state index in [9.17, 15) is 9.59 Å². The van der Waals surface area contributed by atoms with Gasteiger partial charge in [-0.3, -0.25) is 9.59 Å². The maximum Gasteiger partial charge on any atom is 0.203 e. The van der Waals surface area contributed by atoms with Gasteiger partial charge in [0.2, 0.25) is 5.12 Å². The number of thiazole rings is 1. The van der Waals surface area contributed by atoms with E-state index in [0.717, 1.165) is 27.4 Å². The molecule has 5 heteroatoms. The summed E-state index contributed by atoms with van der Waals surface area (Å²) in [6.45, 7) is 6.24. The van der Waals surface area contributed by atoms with Gasteiger partial charge >= 0.3 is 0 Å². The van der Waals surface area contributed by atoms with Crippen molar-refractivity contribution in [3.63, 3.8) is 0 Å². The molecule has 0 spiro atoms. The van der Waals surface area contributed by atoms with Crippen LogP contribution in [-0.2, 0) is 9.59 Å². The number of hydrogen-bond acceptors (Lipinski definition) is 5. The van der Waals surface area contributed by atoms with Crippen LogP contribution in [0.4, 0.5) is 0 Å². The molecule has 0 saturated heterocycles. The zero-order valence-corrected chi connectivity index (χ0v) is 15.1. The van der Waals surface area contributed by atoms with Gasteiger partial charge in [0, 0.05) is 11.8 Å². The summed E-state index contributed by atoms with van der Waals surface area (Å²) in [6, 6.07) is 7.93. The Morgan fingerprint density at radius 1 is 1.22 bits per heavy atom. The molecule has 2 unspecified atom stereocenters. The molecule has 2 aliphatic carbocycles. The summed E-state index contributed by atoms with van der Waals surface area (Å²) < 4.78 is 1.88. The predicted octanol–water partition coefficient (Wildman–Crippen LogP) is 4.70. The van der Waals surface area contributed by atoms with Crippen LogP contribution in [0.2, 0.25) is 0 Å². The molecule has 4 rings (SSSR count). The second-order valence-corrected chi connectivity index (χ2v) is 9.73. The predicted molar refractivity (Wildman–Crippen MR) is 93.7 cm³/mol. The fourth-order valence-electron chi connectivity index (χ4n) is 4.38. The molecule has 0 aliphatic heterocycles. The molecule has 1 heterocycles. The van der Waals surface area contributed by atoms with E-state index < -0.39 is 5.41 Å². The van der Waals surface area contributed by atoms with Crippen molar-refractivity contribution in [1.82, 2.24) is 4.98 Å². The third-order valence-electron chi connectivity index (χ3n) is 6.55. The van der Waals surface area contributed by atoms with E-state index in [2.05, 4.69) is 18.8 Å². The van der Waals surface area contributed by atoms with Crippen molar-refractivity contribution < 1.29 is 9.59 Å². The first-order valence-corrected chi connectivity index (χ1v) is 9.55. The van der Waals surface area contributed by atoms with Gasteiger partial charge in [0.15, 0.2) is 4.34 Å². The fraction of sp³-hybridized carbons (Fsp3) is 0.500. The van der Waals surface area contributed by atoms with E-state index in [1.807, 2.05) is 31.2 Å². The molecule has 2 fully saturated rings. The zero-order valence-electron chi connectivity index (χ0n) is 13.5. The normalized spacial score (nSPS) is 31.9. The maximum atomic E-state index is 13.2. The maximum absolute atomic E-state index is 13.2. The lowest BCUT2D eigenvalue weighted by molar-refractivity contribution is -0.129. The van der Waals surface area contributed by atoms with E-state index in [-0.39, 0.29) is 21.7 Å². The topological polar surface area (TPSA) is 47.0 Å². The second-order valence-electron chi connectivity index (χ2n) is 7.48. The van der Waals surface area contributed by atoms with Crippen molar-refractivity contribution >= 4 is 44.2 Å². The number of ketones is 1. The standard InChI is InChI=1S/C18H19NO2S2/c1-16(2)17(3)8-9-18(16,10-13(17)20)14(21)23-15-19-11-6-4-5-7-12(11)22-15/h4-7H,8-10H2,1-3H3. The van der Waals surface area contributed by atoms with Crippen LogP contribution in [-0.4, -0.2) is 15.9 Å². The van der Waals surface area contributed by atoms with Gasteiger partial charge < -0.3 is 0 Å². The second kappa shape index (κ2) is 4.67. The zero-order chi connectivity index (χ0) is 16.5. The number of Topliss-reactive ketones (excluding diaryl/α,β-unsaturated/α-hetero) is 1. The van der Waals surface area contributed by atoms with Crippen LogP contribution in [0.25, 0.3) is 10.2 Å². The minimum Gasteiger partial charge on any atom is -0.299 e. The molecule has 0 N–H and O–H groups in total. The van der Waals surface area contributed by atoms with Crippen molar-refractivity contribution in [3.05, 3.63) is 24.3 Å². The molecule has 2 aliphatic rings. The van der Waals surface area contributed by atoms with Gasteiger partial charge in [0.25, 0.3) is 0 Å². The van der Waals surface area contributed by atoms with Crippen molar-refractivity contribution in [1.29, 1.82) is 0 Å². The molecule has 1 aromatic carbocycles. The quantitative estimate of drug-likeness (QED) is 0.740. The van der Waals surface area contributed by atoms with Gasteiger partial charge in [-0.25, -0.2) is 4.98 Å². The van der Waals surface area contributed by atoms with Crippen molar-refractivity contribution in [2.24, 2.45) is 16.2 Å². The highest BCUT2D eigenvalue weighted by molar-refractivity contribution is 8.15. The summed E-state index contributed by atoms with van der Waals surface area (Å²) in [6.07, 6.45) is 2.04. The molecular formula is C18H19NO2S2. The number of carbonyl (C=O) groups excluding carboxylic acids is 2. The molecule has 1 aromatic heterocycles. The summed E-state index contributed by atoms with van der Waals surface area (Å²) in [5.41, 5.74) is -0.223. The van der Waals surface area contributed by atoms with E-state index in [1.165, 1.54) is 11.8 Å². The highest BCUT2D eigenvalue weighted by Crippen LogP contribution is 2.71. The van der Waals surface area contributed by atoms with Crippen molar-refractivity contribution in [3.8, 4) is 0 Å². The summed E-state index contributed by atoms with van der Waals surface area (Å²) in [4.78, 5) is 30.2. The average Bonchev–Trinajstić information content (AvgIpc) is 3.04. The Morgan fingerprint density at radius 3 is 2.57 bits per heavy atom. The number of hydrogen-bond donors (Lipinski definition) is 0. The van der Waals surface area contributed by atoms with Crippen LogP contribution in [0, 0.1) is 16.2 Å². The smallest absolute Gasteiger partial charge is 0.203 e. The van der Waals surface area contributed by atoms with E-state index in [0.29, 0.717) is 6.42 Å². The van der Waals surface area contributed by atoms with Crippen molar-refractivity contribution in [2.45, 2.75) is 44.4 Å². The van der Waals surface area contributed by atoms with Gasteiger partial charge in [-0.05, 0) is 42.2 Å². The Bertz CT molecular complexity index is 807. The summed E-state index contributed by atoms with van der Waals surface area (Å²) in [7, 11) is 0. The number of benzene rings is 1. The van der Waals surface area contributed by atoms with Crippen LogP contribution < -0.4 is 0 Å². The number of carbonyl (C=O) groups is 2. The molecule has 23 heavy (non-hydrogen) atoms. The largest absolute Gasteiger partial charge is 0.299 e. The molecule has 2 aromatic rings. The molecule has 3 nitrogen and oxygen atoms in total. The Morgan fingerprint density at radius 2 is 1.96 bits per heavy atom. The summed E-state index contributed by atoms with van der Waals surface area (Å²) in [5, 5.41) is 0.121.